The van der Waals surface area contributed by atoms with Gasteiger partial charge in [-0.3, -0.25) is 4.79 Å². The number of aryl methyl sites for hydroxylation is 1. The number of nitrogens with one attached hydrogen (secondary N) is 2. The highest BCUT2D eigenvalue weighted by Gasteiger charge is 2.16. The lowest BCUT2D eigenvalue weighted by Crippen LogP contribution is -2.40. The van der Waals surface area contributed by atoms with E-state index in [4.69, 9.17) is 5.11 Å². The summed E-state index contributed by atoms with van der Waals surface area (Å²) in [6, 6.07) is -0.333. The van der Waals surface area contributed by atoms with E-state index in [2.05, 4.69) is 15.6 Å². The first kappa shape index (κ1) is 16.4. The van der Waals surface area contributed by atoms with Crippen LogP contribution >= 0.6 is 11.3 Å². The number of nitrogens with zero attached hydrogens (tertiary/aromatic N) is 1. The number of carboxylic acid groups (broad SMARTS) is 1. The molecule has 1 unspecified atom stereocenters. The molecule has 0 saturated carbocycles. The Balaban J connectivity index is 2.21. The molecule has 0 fully saturated rings. The van der Waals surface area contributed by atoms with Crippen LogP contribution in [0.2, 0.25) is 0 Å². The van der Waals surface area contributed by atoms with Gasteiger partial charge < -0.3 is 15.7 Å². The van der Waals surface area contributed by atoms with Crippen LogP contribution in [-0.2, 0) is 11.2 Å². The Hall–Kier alpha value is -1.63. The number of carbonyl (C=O) groups is 2. The van der Waals surface area contributed by atoms with E-state index in [1.54, 1.807) is 11.3 Å². The number of carboxylic acids is 1. The third-order valence-corrected chi connectivity index (χ3v) is 3.81. The number of hydrogen-bond donors (Lipinski definition) is 3. The van der Waals surface area contributed by atoms with E-state index in [-0.39, 0.29) is 12.6 Å². The van der Waals surface area contributed by atoms with Crippen LogP contribution in [0.25, 0.3) is 0 Å². The number of carbonyl (C=O) groups excluding carboxylic acids is 1. The summed E-state index contributed by atoms with van der Waals surface area (Å²) in [4.78, 5) is 26.8. The number of aromatic nitrogens is 1. The smallest absolute Gasteiger partial charge is 0.314 e. The minimum absolute atomic E-state index is 0.158. The van der Waals surface area contributed by atoms with E-state index in [0.717, 1.165) is 17.1 Å². The molecule has 112 valence electrons. The van der Waals surface area contributed by atoms with Crippen molar-refractivity contribution in [2.45, 2.75) is 33.1 Å². The van der Waals surface area contributed by atoms with Crippen molar-refractivity contribution in [1.29, 1.82) is 0 Å². The van der Waals surface area contributed by atoms with E-state index in [1.807, 2.05) is 19.2 Å². The number of amides is 2. The summed E-state index contributed by atoms with van der Waals surface area (Å²) < 4.78 is 0. The van der Waals surface area contributed by atoms with Crippen molar-refractivity contribution in [3.05, 3.63) is 16.1 Å². The third-order valence-electron chi connectivity index (χ3n) is 2.79. The van der Waals surface area contributed by atoms with Gasteiger partial charge in [-0.1, -0.05) is 13.3 Å². The Labute approximate surface area is 122 Å². The summed E-state index contributed by atoms with van der Waals surface area (Å²) >= 11 is 1.57. The Bertz CT molecular complexity index is 448. The van der Waals surface area contributed by atoms with E-state index >= 15 is 0 Å². The summed E-state index contributed by atoms with van der Waals surface area (Å²) in [5.41, 5.74) is 0.985. The summed E-state index contributed by atoms with van der Waals surface area (Å²) in [5.74, 6) is -1.39. The van der Waals surface area contributed by atoms with Gasteiger partial charge in [0.2, 0.25) is 0 Å². The molecule has 0 saturated heterocycles. The molecule has 2 amide bonds. The summed E-state index contributed by atoms with van der Waals surface area (Å²) in [6.45, 7) is 4.50. The molecule has 1 rings (SSSR count). The molecular formula is C13H21N3O3S. The fraction of sp³-hybridized carbons (Fsp3) is 0.615. The van der Waals surface area contributed by atoms with Gasteiger partial charge in [-0.15, -0.1) is 11.3 Å². The summed E-state index contributed by atoms with van der Waals surface area (Å²) in [5, 5.41) is 17.2. The average molecular weight is 299 g/mol. The van der Waals surface area contributed by atoms with Gasteiger partial charge in [-0.25, -0.2) is 9.78 Å². The lowest BCUT2D eigenvalue weighted by atomic mass is 10.0. The van der Waals surface area contributed by atoms with Crippen molar-refractivity contribution in [2.75, 3.05) is 13.1 Å². The fourth-order valence-electron chi connectivity index (χ4n) is 1.74. The van der Waals surface area contributed by atoms with Crippen molar-refractivity contribution in [1.82, 2.24) is 15.6 Å². The van der Waals surface area contributed by atoms with Crippen LogP contribution in [0.5, 0.6) is 0 Å². The predicted molar refractivity (Wildman–Crippen MR) is 78.0 cm³/mol. The van der Waals surface area contributed by atoms with E-state index in [0.29, 0.717) is 19.4 Å². The standard InChI is InChI=1S/C13H21N3O3S/c1-3-4-10(12(17)18)7-15-13(19)14-6-5-11-16-9(2)8-20-11/h8,10H,3-7H2,1-2H3,(H,17,18)(H2,14,15,19). The number of rotatable bonds is 8. The first-order valence-corrected chi connectivity index (χ1v) is 7.56. The zero-order valence-corrected chi connectivity index (χ0v) is 12.6. The van der Waals surface area contributed by atoms with Crippen molar-refractivity contribution in [3.63, 3.8) is 0 Å². The molecule has 0 aliphatic rings. The van der Waals surface area contributed by atoms with Crippen molar-refractivity contribution < 1.29 is 14.7 Å². The quantitative estimate of drug-likeness (QED) is 0.682. The number of aliphatic carboxylic acids is 1. The second kappa shape index (κ2) is 8.52. The maximum atomic E-state index is 11.5. The molecule has 1 aromatic heterocycles. The van der Waals surface area contributed by atoms with Gasteiger partial charge in [0, 0.05) is 30.6 Å². The third kappa shape index (κ3) is 6.01. The molecule has 7 heteroatoms. The molecular weight excluding hydrogens is 278 g/mol. The van der Waals surface area contributed by atoms with Crippen molar-refractivity contribution in [2.24, 2.45) is 5.92 Å². The van der Waals surface area contributed by atoms with Crippen LogP contribution < -0.4 is 10.6 Å². The summed E-state index contributed by atoms with van der Waals surface area (Å²) in [7, 11) is 0. The zero-order valence-electron chi connectivity index (χ0n) is 11.8. The molecule has 3 N–H and O–H groups in total. The molecule has 1 heterocycles. The highest BCUT2D eigenvalue weighted by atomic mass is 32.1. The van der Waals surface area contributed by atoms with Crippen LogP contribution in [0.1, 0.15) is 30.5 Å². The molecule has 0 aliphatic carbocycles. The van der Waals surface area contributed by atoms with Crippen LogP contribution in [0.3, 0.4) is 0 Å². The molecule has 0 radical (unpaired) electrons. The molecule has 0 aliphatic heterocycles. The van der Waals surface area contributed by atoms with E-state index in [1.165, 1.54) is 0 Å². The van der Waals surface area contributed by atoms with Gasteiger partial charge in [0.05, 0.1) is 10.9 Å². The van der Waals surface area contributed by atoms with Gasteiger partial charge >= 0.3 is 12.0 Å². The van der Waals surface area contributed by atoms with Crippen LogP contribution in [0.4, 0.5) is 4.79 Å². The topological polar surface area (TPSA) is 91.3 Å². The maximum Gasteiger partial charge on any atom is 0.314 e. The Kier molecular flexibility index (Phi) is 7.00. The first-order chi connectivity index (χ1) is 9.52. The second-order valence-corrected chi connectivity index (χ2v) is 5.54. The maximum absolute atomic E-state index is 11.5. The monoisotopic (exact) mass is 299 g/mol. The molecule has 0 bridgehead atoms. The van der Waals surface area contributed by atoms with E-state index in [9.17, 15) is 9.59 Å². The van der Waals surface area contributed by atoms with Gasteiger partial charge in [0.1, 0.15) is 0 Å². The number of thiazole rings is 1. The van der Waals surface area contributed by atoms with Crippen molar-refractivity contribution >= 4 is 23.3 Å². The van der Waals surface area contributed by atoms with Crippen LogP contribution in [-0.4, -0.2) is 35.2 Å². The van der Waals surface area contributed by atoms with Crippen LogP contribution in [0, 0.1) is 12.8 Å². The Morgan fingerprint density at radius 3 is 2.75 bits per heavy atom. The minimum atomic E-state index is -0.870. The number of hydrogen-bond acceptors (Lipinski definition) is 4. The molecule has 0 aromatic carbocycles. The first-order valence-electron chi connectivity index (χ1n) is 6.68. The molecule has 1 atom stereocenters. The minimum Gasteiger partial charge on any atom is -0.481 e. The highest BCUT2D eigenvalue weighted by Crippen LogP contribution is 2.08. The normalized spacial score (nSPS) is 11.9. The lowest BCUT2D eigenvalue weighted by molar-refractivity contribution is -0.141. The molecule has 6 nitrogen and oxygen atoms in total. The van der Waals surface area contributed by atoms with Crippen molar-refractivity contribution in [3.8, 4) is 0 Å². The van der Waals surface area contributed by atoms with Crippen LogP contribution in [0.15, 0.2) is 5.38 Å². The van der Waals surface area contributed by atoms with Gasteiger partial charge in [-0.05, 0) is 13.3 Å². The fourth-order valence-corrected chi connectivity index (χ4v) is 2.52. The molecule has 0 spiro atoms. The largest absolute Gasteiger partial charge is 0.481 e. The van der Waals surface area contributed by atoms with Gasteiger partial charge in [0.25, 0.3) is 0 Å². The molecule has 1 aromatic rings. The van der Waals surface area contributed by atoms with Gasteiger partial charge in [0.15, 0.2) is 0 Å². The second-order valence-electron chi connectivity index (χ2n) is 4.59. The lowest BCUT2D eigenvalue weighted by Gasteiger charge is -2.12. The predicted octanol–water partition coefficient (Wildman–Crippen LogP) is 1.79. The number of urea groups is 1. The van der Waals surface area contributed by atoms with Gasteiger partial charge in [-0.2, -0.15) is 0 Å². The Morgan fingerprint density at radius 2 is 2.20 bits per heavy atom. The Morgan fingerprint density at radius 1 is 1.45 bits per heavy atom. The van der Waals surface area contributed by atoms with E-state index < -0.39 is 11.9 Å². The SMILES string of the molecule is CCCC(CNC(=O)NCCc1nc(C)cs1)C(=O)O. The average Bonchev–Trinajstić information content (AvgIpc) is 2.80. The molecule has 20 heavy (non-hydrogen) atoms. The zero-order chi connectivity index (χ0) is 15.0. The summed E-state index contributed by atoms with van der Waals surface area (Å²) in [6.07, 6.45) is 2.03. The highest BCUT2D eigenvalue weighted by molar-refractivity contribution is 7.09.